The summed E-state index contributed by atoms with van der Waals surface area (Å²) in [5, 5.41) is 4.35. The van der Waals surface area contributed by atoms with Crippen LogP contribution in [-0.4, -0.2) is 43.7 Å². The molecule has 1 aliphatic rings. The summed E-state index contributed by atoms with van der Waals surface area (Å²) in [5.74, 6) is 0.978. The fourth-order valence-electron chi connectivity index (χ4n) is 2.53. The SMILES string of the molecule is CN(C)c1cccc([C@H]2CN(Cc3ccsc3)CCO2)n1. The summed E-state index contributed by atoms with van der Waals surface area (Å²) in [4.78, 5) is 9.17. The first kappa shape index (κ1) is 14.5. The smallest absolute Gasteiger partial charge is 0.128 e. The summed E-state index contributed by atoms with van der Waals surface area (Å²) in [6.07, 6.45) is 0.0669. The van der Waals surface area contributed by atoms with Crippen LogP contribution in [0.4, 0.5) is 5.82 Å². The highest BCUT2D eigenvalue weighted by molar-refractivity contribution is 7.07. The van der Waals surface area contributed by atoms with E-state index in [9.17, 15) is 0 Å². The lowest BCUT2D eigenvalue weighted by Crippen LogP contribution is -2.38. The van der Waals surface area contributed by atoms with E-state index in [1.54, 1.807) is 11.3 Å². The summed E-state index contributed by atoms with van der Waals surface area (Å²) in [6, 6.07) is 8.33. The second-order valence-corrected chi connectivity index (χ2v) is 6.32. The van der Waals surface area contributed by atoms with Crippen molar-refractivity contribution in [3.05, 3.63) is 46.3 Å². The third-order valence-corrected chi connectivity index (χ3v) is 4.41. The van der Waals surface area contributed by atoms with Crippen molar-refractivity contribution in [3.8, 4) is 0 Å². The number of morpholine rings is 1. The van der Waals surface area contributed by atoms with Gasteiger partial charge in [0.1, 0.15) is 11.9 Å². The number of nitrogens with zero attached hydrogens (tertiary/aromatic N) is 3. The molecular weight excluding hydrogens is 282 g/mol. The standard InChI is InChI=1S/C16H21N3OS/c1-18(2)16-5-3-4-14(17-16)15-11-19(7-8-20-15)10-13-6-9-21-12-13/h3-6,9,12,15H,7-8,10-11H2,1-2H3/t15-/m1/s1. The molecule has 1 aliphatic heterocycles. The second kappa shape index (κ2) is 6.56. The highest BCUT2D eigenvalue weighted by Gasteiger charge is 2.23. The molecule has 1 fully saturated rings. The third-order valence-electron chi connectivity index (χ3n) is 3.68. The lowest BCUT2D eigenvalue weighted by Gasteiger charge is -2.32. The van der Waals surface area contributed by atoms with Crippen LogP contribution in [0.15, 0.2) is 35.0 Å². The monoisotopic (exact) mass is 303 g/mol. The Morgan fingerprint density at radius 1 is 1.38 bits per heavy atom. The molecule has 0 unspecified atom stereocenters. The lowest BCUT2D eigenvalue weighted by atomic mass is 10.1. The average Bonchev–Trinajstić information content (AvgIpc) is 3.00. The maximum absolute atomic E-state index is 5.93. The van der Waals surface area contributed by atoms with E-state index >= 15 is 0 Å². The number of pyridine rings is 1. The van der Waals surface area contributed by atoms with E-state index in [1.807, 2.05) is 25.1 Å². The number of aromatic nitrogens is 1. The maximum atomic E-state index is 5.93. The van der Waals surface area contributed by atoms with Crippen molar-refractivity contribution in [2.24, 2.45) is 0 Å². The average molecular weight is 303 g/mol. The molecule has 0 aliphatic carbocycles. The highest BCUT2D eigenvalue weighted by Crippen LogP contribution is 2.23. The molecule has 0 N–H and O–H groups in total. The summed E-state index contributed by atoms with van der Waals surface area (Å²) in [5.41, 5.74) is 2.41. The van der Waals surface area contributed by atoms with Crippen LogP contribution in [0.5, 0.6) is 0 Å². The van der Waals surface area contributed by atoms with E-state index in [0.29, 0.717) is 0 Å². The molecule has 0 spiro atoms. The van der Waals surface area contributed by atoms with Gasteiger partial charge in [-0.05, 0) is 34.5 Å². The van der Waals surface area contributed by atoms with Gasteiger partial charge in [0.2, 0.25) is 0 Å². The molecular formula is C16H21N3OS. The van der Waals surface area contributed by atoms with Crippen molar-refractivity contribution >= 4 is 17.2 Å². The molecule has 4 nitrogen and oxygen atoms in total. The van der Waals surface area contributed by atoms with Gasteiger partial charge in [0, 0.05) is 33.7 Å². The maximum Gasteiger partial charge on any atom is 0.128 e. The van der Waals surface area contributed by atoms with Gasteiger partial charge >= 0.3 is 0 Å². The first-order valence-electron chi connectivity index (χ1n) is 7.21. The number of rotatable bonds is 4. The summed E-state index contributed by atoms with van der Waals surface area (Å²) in [7, 11) is 4.02. The predicted molar refractivity (Wildman–Crippen MR) is 86.9 cm³/mol. The van der Waals surface area contributed by atoms with Crippen LogP contribution in [0.25, 0.3) is 0 Å². The van der Waals surface area contributed by atoms with Crippen molar-refractivity contribution in [1.29, 1.82) is 0 Å². The van der Waals surface area contributed by atoms with Crippen LogP contribution in [0.3, 0.4) is 0 Å². The van der Waals surface area contributed by atoms with Gasteiger partial charge in [-0.3, -0.25) is 4.90 Å². The topological polar surface area (TPSA) is 28.6 Å². The molecule has 112 valence electrons. The predicted octanol–water partition coefficient (Wildman–Crippen LogP) is 2.78. The van der Waals surface area contributed by atoms with E-state index in [0.717, 1.165) is 37.8 Å². The van der Waals surface area contributed by atoms with E-state index in [4.69, 9.17) is 9.72 Å². The fraction of sp³-hybridized carbons (Fsp3) is 0.438. The molecule has 2 aromatic heterocycles. The highest BCUT2D eigenvalue weighted by atomic mass is 32.1. The van der Waals surface area contributed by atoms with Crippen LogP contribution in [-0.2, 0) is 11.3 Å². The fourth-order valence-corrected chi connectivity index (χ4v) is 3.19. The van der Waals surface area contributed by atoms with Gasteiger partial charge in [0.05, 0.1) is 12.3 Å². The van der Waals surface area contributed by atoms with Gasteiger partial charge in [-0.15, -0.1) is 0 Å². The number of anilines is 1. The molecule has 0 saturated carbocycles. The zero-order valence-corrected chi connectivity index (χ0v) is 13.3. The molecule has 1 atom stereocenters. The normalized spacial score (nSPS) is 19.6. The van der Waals surface area contributed by atoms with E-state index < -0.39 is 0 Å². The Labute approximate surface area is 130 Å². The van der Waals surface area contributed by atoms with Crippen molar-refractivity contribution in [3.63, 3.8) is 0 Å². The molecule has 0 radical (unpaired) electrons. The molecule has 0 amide bonds. The largest absolute Gasteiger partial charge is 0.369 e. The molecule has 2 aromatic rings. The minimum Gasteiger partial charge on any atom is -0.369 e. The van der Waals surface area contributed by atoms with Gasteiger partial charge in [-0.1, -0.05) is 6.07 Å². The van der Waals surface area contributed by atoms with Gasteiger partial charge in [0.25, 0.3) is 0 Å². The summed E-state index contributed by atoms with van der Waals surface area (Å²) in [6.45, 7) is 3.65. The van der Waals surface area contributed by atoms with Gasteiger partial charge < -0.3 is 9.64 Å². The molecule has 1 saturated heterocycles. The minimum absolute atomic E-state index is 0.0669. The Bertz CT molecular complexity index is 571. The van der Waals surface area contributed by atoms with Crippen LogP contribution < -0.4 is 4.90 Å². The third kappa shape index (κ3) is 3.61. The quantitative estimate of drug-likeness (QED) is 0.868. The van der Waals surface area contributed by atoms with Gasteiger partial charge in [-0.25, -0.2) is 4.98 Å². The van der Waals surface area contributed by atoms with Crippen LogP contribution in [0, 0.1) is 0 Å². The molecule has 0 aromatic carbocycles. The Morgan fingerprint density at radius 2 is 2.29 bits per heavy atom. The number of hydrogen-bond donors (Lipinski definition) is 0. The van der Waals surface area contributed by atoms with Crippen LogP contribution >= 0.6 is 11.3 Å². The Kier molecular flexibility index (Phi) is 4.53. The van der Waals surface area contributed by atoms with E-state index in [2.05, 4.69) is 33.9 Å². The number of thiophene rings is 1. The van der Waals surface area contributed by atoms with Crippen molar-refractivity contribution < 1.29 is 4.74 Å². The Balaban J connectivity index is 1.69. The lowest BCUT2D eigenvalue weighted by molar-refractivity contribution is -0.0349. The second-order valence-electron chi connectivity index (χ2n) is 5.54. The zero-order valence-electron chi connectivity index (χ0n) is 12.5. The van der Waals surface area contributed by atoms with Crippen molar-refractivity contribution in [2.75, 3.05) is 38.7 Å². The zero-order chi connectivity index (χ0) is 14.7. The number of ether oxygens (including phenoxy) is 1. The Hall–Kier alpha value is -1.43. The van der Waals surface area contributed by atoms with E-state index in [-0.39, 0.29) is 6.10 Å². The summed E-state index contributed by atoms with van der Waals surface area (Å²) >= 11 is 1.75. The Morgan fingerprint density at radius 3 is 3.05 bits per heavy atom. The van der Waals surface area contributed by atoms with Crippen molar-refractivity contribution in [2.45, 2.75) is 12.6 Å². The van der Waals surface area contributed by atoms with Crippen LogP contribution in [0.2, 0.25) is 0 Å². The molecule has 5 heteroatoms. The minimum atomic E-state index is 0.0669. The van der Waals surface area contributed by atoms with Crippen LogP contribution in [0.1, 0.15) is 17.4 Å². The number of hydrogen-bond acceptors (Lipinski definition) is 5. The van der Waals surface area contributed by atoms with Crippen molar-refractivity contribution in [1.82, 2.24) is 9.88 Å². The molecule has 0 bridgehead atoms. The molecule has 21 heavy (non-hydrogen) atoms. The van der Waals surface area contributed by atoms with E-state index in [1.165, 1.54) is 5.56 Å². The van der Waals surface area contributed by atoms with Gasteiger partial charge in [-0.2, -0.15) is 11.3 Å². The van der Waals surface area contributed by atoms with Gasteiger partial charge in [0.15, 0.2) is 0 Å². The first-order valence-corrected chi connectivity index (χ1v) is 8.16. The molecule has 3 rings (SSSR count). The first-order chi connectivity index (χ1) is 10.2. The summed E-state index contributed by atoms with van der Waals surface area (Å²) < 4.78 is 5.93. The molecule has 3 heterocycles.